The van der Waals surface area contributed by atoms with Gasteiger partial charge in [0.2, 0.25) is 5.76 Å². The van der Waals surface area contributed by atoms with Crippen LogP contribution in [0.25, 0.3) is 0 Å². The predicted octanol–water partition coefficient (Wildman–Crippen LogP) is 2.39. The van der Waals surface area contributed by atoms with E-state index in [4.69, 9.17) is 0 Å². The van der Waals surface area contributed by atoms with Crippen LogP contribution in [-0.4, -0.2) is 12.6 Å². The van der Waals surface area contributed by atoms with Crippen molar-refractivity contribution in [2.75, 3.05) is 6.61 Å². The van der Waals surface area contributed by atoms with Crippen molar-refractivity contribution in [2.24, 2.45) is 0 Å². The summed E-state index contributed by atoms with van der Waals surface area (Å²) in [6, 6.07) is 2.22. The van der Waals surface area contributed by atoms with Gasteiger partial charge < -0.3 is 9.15 Å². The van der Waals surface area contributed by atoms with Crippen molar-refractivity contribution >= 4 is 5.97 Å². The fourth-order valence-electron chi connectivity index (χ4n) is 0.782. The summed E-state index contributed by atoms with van der Waals surface area (Å²) in [7, 11) is 0. The summed E-state index contributed by atoms with van der Waals surface area (Å²) in [4.78, 5) is 10.9. The number of esters is 1. The van der Waals surface area contributed by atoms with Crippen LogP contribution < -0.4 is 0 Å². The van der Waals surface area contributed by atoms with Gasteiger partial charge in [-0.3, -0.25) is 0 Å². The first kappa shape index (κ1) is 9.70. The summed E-state index contributed by atoms with van der Waals surface area (Å²) >= 11 is 0. The van der Waals surface area contributed by atoms with Crippen LogP contribution in [0.4, 0.5) is 8.78 Å². The van der Waals surface area contributed by atoms with E-state index in [9.17, 15) is 13.6 Å². The number of hydrogen-bond acceptors (Lipinski definition) is 3. The van der Waals surface area contributed by atoms with Crippen molar-refractivity contribution in [3.8, 4) is 0 Å². The Morgan fingerprint density at radius 2 is 2.31 bits per heavy atom. The zero-order valence-corrected chi connectivity index (χ0v) is 6.92. The van der Waals surface area contributed by atoms with Crippen molar-refractivity contribution in [1.82, 2.24) is 0 Å². The molecule has 1 rings (SSSR count). The number of hydrogen-bond donors (Lipinski definition) is 0. The van der Waals surface area contributed by atoms with Crippen molar-refractivity contribution in [3.63, 3.8) is 0 Å². The predicted molar refractivity (Wildman–Crippen MR) is 39.6 cm³/mol. The van der Waals surface area contributed by atoms with Crippen molar-refractivity contribution < 1.29 is 22.7 Å². The van der Waals surface area contributed by atoms with Gasteiger partial charge in [0.05, 0.1) is 6.61 Å². The van der Waals surface area contributed by atoms with Gasteiger partial charge in [-0.15, -0.1) is 0 Å². The third kappa shape index (κ3) is 2.27. The van der Waals surface area contributed by atoms with Gasteiger partial charge in [-0.05, 0) is 19.1 Å². The van der Waals surface area contributed by atoms with E-state index in [1.54, 1.807) is 6.92 Å². The standard InChI is InChI=1S/C8H8F2O3/c1-2-12-8(11)6-4-3-5(13-6)7(9)10/h3-4,7H,2H2,1H3. The van der Waals surface area contributed by atoms with Gasteiger partial charge in [0.15, 0.2) is 5.76 Å². The molecule has 0 N–H and O–H groups in total. The second-order valence-corrected chi connectivity index (χ2v) is 2.22. The summed E-state index contributed by atoms with van der Waals surface area (Å²) in [5.74, 6) is -1.45. The van der Waals surface area contributed by atoms with Crippen LogP contribution in [-0.2, 0) is 4.74 Å². The SMILES string of the molecule is CCOC(=O)c1ccc(C(F)F)o1. The highest BCUT2D eigenvalue weighted by atomic mass is 19.3. The molecular formula is C8H8F2O3. The number of halogens is 2. The van der Waals surface area contributed by atoms with E-state index in [2.05, 4.69) is 9.15 Å². The van der Waals surface area contributed by atoms with Gasteiger partial charge in [0, 0.05) is 0 Å². The third-order valence-electron chi connectivity index (χ3n) is 1.32. The molecule has 0 saturated heterocycles. The summed E-state index contributed by atoms with van der Waals surface area (Å²) in [6.45, 7) is 1.80. The monoisotopic (exact) mass is 190 g/mol. The molecule has 0 aliphatic rings. The van der Waals surface area contributed by atoms with E-state index < -0.39 is 18.2 Å². The minimum Gasteiger partial charge on any atom is -0.460 e. The highest BCUT2D eigenvalue weighted by Crippen LogP contribution is 2.21. The lowest BCUT2D eigenvalue weighted by atomic mass is 10.4. The topological polar surface area (TPSA) is 39.4 Å². The van der Waals surface area contributed by atoms with Gasteiger partial charge in [0.25, 0.3) is 6.43 Å². The van der Waals surface area contributed by atoms with E-state index in [0.717, 1.165) is 6.07 Å². The Labute approximate surface area is 73.3 Å². The quantitative estimate of drug-likeness (QED) is 0.687. The van der Waals surface area contributed by atoms with E-state index in [0.29, 0.717) is 0 Å². The third-order valence-corrected chi connectivity index (χ3v) is 1.32. The first-order valence-corrected chi connectivity index (χ1v) is 3.70. The zero-order valence-electron chi connectivity index (χ0n) is 6.92. The molecule has 5 heteroatoms. The van der Waals surface area contributed by atoms with E-state index >= 15 is 0 Å². The molecule has 1 heterocycles. The molecule has 0 bridgehead atoms. The molecule has 0 amide bonds. The molecule has 0 fully saturated rings. The van der Waals surface area contributed by atoms with E-state index in [1.165, 1.54) is 6.07 Å². The molecule has 0 unspecified atom stereocenters. The minimum atomic E-state index is -2.71. The largest absolute Gasteiger partial charge is 0.460 e. The van der Waals surface area contributed by atoms with E-state index in [-0.39, 0.29) is 12.4 Å². The normalized spacial score (nSPS) is 10.5. The fraction of sp³-hybridized carbons (Fsp3) is 0.375. The summed E-state index contributed by atoms with van der Waals surface area (Å²) in [6.07, 6.45) is -2.71. The lowest BCUT2D eigenvalue weighted by Gasteiger charge is -1.96. The number of rotatable bonds is 3. The molecule has 1 aromatic heterocycles. The van der Waals surface area contributed by atoms with Gasteiger partial charge >= 0.3 is 5.97 Å². The van der Waals surface area contributed by atoms with Crippen LogP contribution in [0.1, 0.15) is 29.7 Å². The lowest BCUT2D eigenvalue weighted by Crippen LogP contribution is -2.02. The lowest BCUT2D eigenvalue weighted by molar-refractivity contribution is 0.0476. The Balaban J connectivity index is 2.73. The average molecular weight is 190 g/mol. The molecular weight excluding hydrogens is 182 g/mol. The number of alkyl halides is 2. The van der Waals surface area contributed by atoms with Gasteiger partial charge in [0.1, 0.15) is 0 Å². The maximum Gasteiger partial charge on any atom is 0.374 e. The van der Waals surface area contributed by atoms with Gasteiger partial charge in [-0.1, -0.05) is 0 Å². The minimum absolute atomic E-state index is 0.184. The fourth-order valence-corrected chi connectivity index (χ4v) is 0.782. The van der Waals surface area contributed by atoms with Gasteiger partial charge in [-0.2, -0.15) is 0 Å². The number of carbonyl (C=O) groups is 1. The van der Waals surface area contributed by atoms with Crippen LogP contribution in [0, 0.1) is 0 Å². The van der Waals surface area contributed by atoms with Crippen LogP contribution in [0.15, 0.2) is 16.5 Å². The molecule has 0 radical (unpaired) electrons. The summed E-state index contributed by atoms with van der Waals surface area (Å²) in [5.41, 5.74) is 0. The molecule has 72 valence electrons. The average Bonchev–Trinajstić information content (AvgIpc) is 2.52. The number of ether oxygens (including phenoxy) is 1. The summed E-state index contributed by atoms with van der Waals surface area (Å²) in [5, 5.41) is 0. The highest BCUT2D eigenvalue weighted by molar-refractivity contribution is 5.86. The molecule has 3 nitrogen and oxygen atoms in total. The Kier molecular flexibility index (Phi) is 3.00. The smallest absolute Gasteiger partial charge is 0.374 e. The molecule has 13 heavy (non-hydrogen) atoms. The Morgan fingerprint density at radius 1 is 1.62 bits per heavy atom. The number of furan rings is 1. The molecule has 0 spiro atoms. The molecule has 0 aromatic carbocycles. The Bertz CT molecular complexity index is 293. The van der Waals surface area contributed by atoms with Crippen molar-refractivity contribution in [2.45, 2.75) is 13.3 Å². The zero-order chi connectivity index (χ0) is 9.84. The van der Waals surface area contributed by atoms with Crippen LogP contribution >= 0.6 is 0 Å². The molecule has 0 atom stereocenters. The first-order chi connectivity index (χ1) is 6.15. The summed E-state index contributed by atoms with van der Waals surface area (Å²) < 4.78 is 33.0. The maximum absolute atomic E-state index is 12.0. The Morgan fingerprint density at radius 3 is 2.77 bits per heavy atom. The van der Waals surface area contributed by atoms with E-state index in [1.807, 2.05) is 0 Å². The van der Waals surface area contributed by atoms with Crippen molar-refractivity contribution in [3.05, 3.63) is 23.7 Å². The highest BCUT2D eigenvalue weighted by Gasteiger charge is 2.16. The van der Waals surface area contributed by atoms with Crippen LogP contribution in [0.2, 0.25) is 0 Å². The number of carbonyl (C=O) groups excluding carboxylic acids is 1. The Hall–Kier alpha value is -1.39. The molecule has 0 aliphatic carbocycles. The maximum atomic E-state index is 12.0. The molecule has 1 aromatic rings. The van der Waals surface area contributed by atoms with Crippen LogP contribution in [0.3, 0.4) is 0 Å². The second-order valence-electron chi connectivity index (χ2n) is 2.22. The second kappa shape index (κ2) is 4.02. The van der Waals surface area contributed by atoms with Gasteiger partial charge in [-0.25, -0.2) is 13.6 Å². The molecule has 0 aliphatic heterocycles. The molecule has 0 saturated carbocycles. The van der Waals surface area contributed by atoms with Crippen LogP contribution in [0.5, 0.6) is 0 Å². The first-order valence-electron chi connectivity index (χ1n) is 3.70. The van der Waals surface area contributed by atoms with Crippen molar-refractivity contribution in [1.29, 1.82) is 0 Å².